The summed E-state index contributed by atoms with van der Waals surface area (Å²) in [6.07, 6.45) is 0. The summed E-state index contributed by atoms with van der Waals surface area (Å²) in [5, 5.41) is 4.34. The minimum absolute atomic E-state index is 0.0646. The van der Waals surface area contributed by atoms with Crippen molar-refractivity contribution in [2.75, 3.05) is 31.3 Å². The molecular formula is C43H52N3P. The number of nitrogens with one attached hydrogen (secondary N) is 1. The van der Waals surface area contributed by atoms with Crippen LogP contribution in [0.2, 0.25) is 0 Å². The highest BCUT2D eigenvalue weighted by Crippen LogP contribution is 2.51. The van der Waals surface area contributed by atoms with Gasteiger partial charge in [0.15, 0.2) is 0 Å². The molecule has 0 aliphatic carbocycles. The summed E-state index contributed by atoms with van der Waals surface area (Å²) in [6.45, 7) is 17.8. The summed E-state index contributed by atoms with van der Waals surface area (Å²) in [5.74, 6) is 0.498. The third kappa shape index (κ3) is 8.04. The Morgan fingerprint density at radius 3 is 1.02 bits per heavy atom. The molecule has 0 atom stereocenters. The Labute approximate surface area is 285 Å². The molecular weight excluding hydrogens is 589 g/mol. The Balaban J connectivity index is 1.90. The van der Waals surface area contributed by atoms with Crippen LogP contribution in [0.4, 0.5) is 5.69 Å². The Hall–Kier alpha value is -3.75. The van der Waals surface area contributed by atoms with E-state index in [9.17, 15) is 0 Å². The van der Waals surface area contributed by atoms with E-state index in [1.807, 2.05) is 0 Å². The van der Waals surface area contributed by atoms with E-state index in [1.165, 1.54) is 44.6 Å². The fraction of sp³-hybridized carbons (Fsp3) is 0.302. The quantitative estimate of drug-likeness (QED) is 0.0906. The van der Waals surface area contributed by atoms with Crippen LogP contribution in [0.25, 0.3) is 0 Å². The van der Waals surface area contributed by atoms with Gasteiger partial charge in [0.2, 0.25) is 0 Å². The molecule has 0 bridgehead atoms. The molecule has 5 aromatic carbocycles. The Bertz CT molecular complexity index is 1440. The SMILES string of the molecule is CCN(CC)P(Nc1c(C(c2ccccc2)c2ccccc2)cc(C(C)C)cc1C(c1ccccc1)c1ccccc1)N(CC)CC. The van der Waals surface area contributed by atoms with E-state index in [2.05, 4.69) is 189 Å². The molecule has 0 aromatic heterocycles. The zero-order valence-corrected chi connectivity index (χ0v) is 30.0. The third-order valence-electron chi connectivity index (χ3n) is 9.25. The highest BCUT2D eigenvalue weighted by molar-refractivity contribution is 7.54. The first-order valence-electron chi connectivity index (χ1n) is 17.4. The van der Waals surface area contributed by atoms with E-state index in [1.54, 1.807) is 0 Å². The smallest absolute Gasteiger partial charge is 0.146 e. The minimum Gasteiger partial charge on any atom is -0.339 e. The maximum absolute atomic E-state index is 4.34. The molecule has 0 saturated heterocycles. The molecule has 5 rings (SSSR count). The number of hydrogen-bond acceptors (Lipinski definition) is 3. The Kier molecular flexibility index (Phi) is 12.4. The maximum atomic E-state index is 4.34. The van der Waals surface area contributed by atoms with Gasteiger partial charge in [0.05, 0.1) is 0 Å². The van der Waals surface area contributed by atoms with E-state index >= 15 is 0 Å². The second kappa shape index (κ2) is 16.9. The summed E-state index contributed by atoms with van der Waals surface area (Å²) in [4.78, 5) is 0. The lowest BCUT2D eigenvalue weighted by atomic mass is 9.77. The summed E-state index contributed by atoms with van der Waals surface area (Å²) in [5.41, 5.74) is 10.5. The van der Waals surface area contributed by atoms with Gasteiger partial charge in [0, 0.05) is 43.7 Å². The van der Waals surface area contributed by atoms with Crippen LogP contribution in [0.5, 0.6) is 0 Å². The molecule has 0 fully saturated rings. The number of nitrogens with zero attached hydrogens (tertiary/aromatic N) is 2. The van der Waals surface area contributed by atoms with Crippen molar-refractivity contribution in [1.82, 2.24) is 9.34 Å². The molecule has 244 valence electrons. The maximum Gasteiger partial charge on any atom is 0.146 e. The van der Waals surface area contributed by atoms with Gasteiger partial charge < -0.3 is 5.09 Å². The Morgan fingerprint density at radius 2 is 0.766 bits per heavy atom. The summed E-state index contributed by atoms with van der Waals surface area (Å²) in [6, 6.07) is 49.4. The van der Waals surface area contributed by atoms with Gasteiger partial charge in [-0.25, -0.2) is 0 Å². The first-order chi connectivity index (χ1) is 23.0. The van der Waals surface area contributed by atoms with E-state index in [4.69, 9.17) is 0 Å². The van der Waals surface area contributed by atoms with Crippen molar-refractivity contribution in [3.8, 4) is 0 Å². The molecule has 0 aliphatic rings. The van der Waals surface area contributed by atoms with Gasteiger partial charge in [-0.15, -0.1) is 0 Å². The van der Waals surface area contributed by atoms with Gasteiger partial charge in [0.1, 0.15) is 8.37 Å². The van der Waals surface area contributed by atoms with Crippen LogP contribution in [0.15, 0.2) is 133 Å². The number of benzene rings is 5. The molecule has 0 heterocycles. The van der Waals surface area contributed by atoms with Crippen molar-refractivity contribution >= 4 is 14.1 Å². The highest BCUT2D eigenvalue weighted by atomic mass is 31.1. The molecule has 0 saturated carbocycles. The van der Waals surface area contributed by atoms with Crippen molar-refractivity contribution in [2.24, 2.45) is 0 Å². The first-order valence-corrected chi connectivity index (χ1v) is 18.7. The largest absolute Gasteiger partial charge is 0.339 e. The predicted octanol–water partition coefficient (Wildman–Crippen LogP) is 11.5. The molecule has 5 aromatic rings. The molecule has 0 radical (unpaired) electrons. The van der Waals surface area contributed by atoms with Crippen molar-refractivity contribution in [1.29, 1.82) is 0 Å². The summed E-state index contributed by atoms with van der Waals surface area (Å²) < 4.78 is 5.23. The van der Waals surface area contributed by atoms with E-state index in [-0.39, 0.29) is 11.8 Å². The zero-order valence-electron chi connectivity index (χ0n) is 29.1. The Morgan fingerprint density at radius 1 is 0.468 bits per heavy atom. The highest BCUT2D eigenvalue weighted by Gasteiger charge is 2.31. The van der Waals surface area contributed by atoms with Gasteiger partial charge in [0.25, 0.3) is 0 Å². The zero-order chi connectivity index (χ0) is 33.2. The van der Waals surface area contributed by atoms with Gasteiger partial charge in [-0.05, 0) is 44.9 Å². The van der Waals surface area contributed by atoms with Crippen LogP contribution in [-0.4, -0.2) is 35.5 Å². The lowest BCUT2D eigenvalue weighted by Gasteiger charge is -2.40. The third-order valence-corrected chi connectivity index (χ3v) is 11.9. The summed E-state index contributed by atoms with van der Waals surface area (Å²) >= 11 is 0. The fourth-order valence-corrected chi connectivity index (χ4v) is 8.89. The molecule has 0 spiro atoms. The molecule has 3 nitrogen and oxygen atoms in total. The molecule has 4 heteroatoms. The van der Waals surface area contributed by atoms with Crippen molar-refractivity contribution in [3.05, 3.63) is 172 Å². The topological polar surface area (TPSA) is 18.5 Å². The van der Waals surface area contributed by atoms with Crippen LogP contribution in [-0.2, 0) is 0 Å². The first kappa shape index (κ1) is 34.6. The standard InChI is InChI=1S/C43H52N3P/c1-7-45(8-2)47(46(9-3)10-4)44-43-39(41(34-23-15-11-16-24-34)35-25-17-12-18-26-35)31-38(33(5)6)32-40(43)42(36-27-19-13-20-28-36)37-29-21-14-22-30-37/h11-33,41-42,44H,7-10H2,1-6H3. The van der Waals surface area contributed by atoms with Gasteiger partial charge in [-0.2, -0.15) is 0 Å². The van der Waals surface area contributed by atoms with Crippen LogP contribution >= 0.6 is 8.37 Å². The lowest BCUT2D eigenvalue weighted by molar-refractivity contribution is 0.426. The molecule has 0 aliphatic heterocycles. The van der Waals surface area contributed by atoms with E-state index in [0.717, 1.165) is 26.2 Å². The van der Waals surface area contributed by atoms with Gasteiger partial charge in [-0.3, -0.25) is 9.34 Å². The minimum atomic E-state index is -0.830. The van der Waals surface area contributed by atoms with Crippen LogP contribution in [0.3, 0.4) is 0 Å². The average Bonchev–Trinajstić information content (AvgIpc) is 3.12. The number of rotatable bonds is 15. The van der Waals surface area contributed by atoms with E-state index < -0.39 is 8.37 Å². The second-order valence-electron chi connectivity index (χ2n) is 12.4. The number of anilines is 1. The second-order valence-corrected chi connectivity index (χ2v) is 14.4. The summed E-state index contributed by atoms with van der Waals surface area (Å²) in [7, 11) is -0.830. The van der Waals surface area contributed by atoms with Crippen LogP contribution in [0.1, 0.15) is 98.2 Å². The monoisotopic (exact) mass is 641 g/mol. The van der Waals surface area contributed by atoms with Crippen molar-refractivity contribution in [3.63, 3.8) is 0 Å². The fourth-order valence-electron chi connectivity index (χ4n) is 6.72. The predicted molar refractivity (Wildman–Crippen MR) is 205 cm³/mol. The van der Waals surface area contributed by atoms with Gasteiger partial charge in [-0.1, -0.05) is 175 Å². The van der Waals surface area contributed by atoms with Crippen LogP contribution in [0, 0.1) is 0 Å². The normalized spacial score (nSPS) is 11.8. The molecule has 1 N–H and O–H groups in total. The number of hydrogen-bond donors (Lipinski definition) is 1. The van der Waals surface area contributed by atoms with Crippen LogP contribution < -0.4 is 5.09 Å². The van der Waals surface area contributed by atoms with Gasteiger partial charge >= 0.3 is 0 Å². The van der Waals surface area contributed by atoms with E-state index in [0.29, 0.717) is 5.92 Å². The van der Waals surface area contributed by atoms with Crippen molar-refractivity contribution in [2.45, 2.75) is 59.3 Å². The molecule has 0 amide bonds. The average molecular weight is 642 g/mol. The lowest BCUT2D eigenvalue weighted by Crippen LogP contribution is -2.32. The molecule has 0 unspecified atom stereocenters. The molecule has 47 heavy (non-hydrogen) atoms. The van der Waals surface area contributed by atoms with Crippen molar-refractivity contribution < 1.29 is 0 Å².